The molecule has 8 N–H and O–H groups in total. The van der Waals surface area contributed by atoms with Crippen LogP contribution in [0.4, 0.5) is 5.82 Å². The molecule has 21 nitrogen and oxygen atoms in total. The molecule has 0 bridgehead atoms. The molecule has 44 heavy (non-hydrogen) atoms. The lowest BCUT2D eigenvalue weighted by Crippen LogP contribution is -2.69. The van der Waals surface area contributed by atoms with Crippen LogP contribution in [0, 0.1) is 0 Å². The second kappa shape index (κ2) is 13.9. The van der Waals surface area contributed by atoms with Gasteiger partial charge in [0.05, 0.1) is 25.4 Å². The van der Waals surface area contributed by atoms with Crippen LogP contribution in [0.2, 0.25) is 0 Å². The topological polar surface area (TPSA) is 335 Å². The number of carbonyl (C=O) groups excluding carboxylic acids is 3. The number of carbonyl (C=O) groups is 3. The fraction of sp³-hybridized carbons (Fsp3) is 0.682. The molecule has 3 rings (SSSR count). The van der Waals surface area contributed by atoms with Gasteiger partial charge in [-0.25, -0.2) is 4.79 Å². The number of aliphatic carboxylic acids is 1. The van der Waals surface area contributed by atoms with Gasteiger partial charge in [-0.1, -0.05) is 0 Å². The Morgan fingerprint density at radius 2 is 1.95 bits per heavy atom. The largest absolute Gasteiger partial charge is 0.756 e. The normalized spacial score (nSPS) is 33.1. The van der Waals surface area contributed by atoms with Crippen molar-refractivity contribution < 1.29 is 77.7 Å². The van der Waals surface area contributed by atoms with E-state index in [1.165, 1.54) is 6.07 Å². The molecule has 22 heteroatoms. The van der Waals surface area contributed by atoms with Gasteiger partial charge in [-0.15, -0.1) is 0 Å². The van der Waals surface area contributed by atoms with Crippen molar-refractivity contribution in [3.8, 4) is 0 Å². The molecule has 248 valence electrons. The van der Waals surface area contributed by atoms with Crippen LogP contribution >= 0.6 is 7.82 Å². The van der Waals surface area contributed by atoms with Crippen LogP contribution in [-0.4, -0.2) is 121 Å². The number of nitrogens with two attached hydrogens (primary N) is 1. The number of amides is 1. The molecule has 2 fully saturated rings. The van der Waals surface area contributed by atoms with Gasteiger partial charge in [0.15, 0.2) is 12.3 Å². The van der Waals surface area contributed by atoms with Crippen LogP contribution in [0.25, 0.3) is 0 Å². The van der Waals surface area contributed by atoms with Gasteiger partial charge in [-0.3, -0.25) is 23.2 Å². The quantitative estimate of drug-likeness (QED) is 0.0813. The molecule has 2 saturated heterocycles. The summed E-state index contributed by atoms with van der Waals surface area (Å²) >= 11 is 0. The Morgan fingerprint density at radius 3 is 2.50 bits per heavy atom. The van der Waals surface area contributed by atoms with Crippen molar-refractivity contribution in [3.05, 3.63) is 22.7 Å². The highest BCUT2D eigenvalue weighted by molar-refractivity contribution is 7.45. The molecule has 1 amide bonds. The predicted molar refractivity (Wildman–Crippen MR) is 133 cm³/mol. The SMILES string of the molecule is CC(=O)N[C@H]1[C@H]([C@H](O)[C@@H](CO)OC(C)=O)O[C@](OP(=O)([O-])OC[C@H]2O[C@@H](n3ccc(N)nc3=O)[C@H](O)[C@@H]2O)(C(=O)[O-])C[C@@H]1O. The monoisotopic (exact) mass is 654 g/mol. The lowest BCUT2D eigenvalue weighted by atomic mass is 9.88. The van der Waals surface area contributed by atoms with Crippen LogP contribution in [-0.2, 0) is 42.2 Å². The van der Waals surface area contributed by atoms with E-state index in [0.717, 1.165) is 24.6 Å². The summed E-state index contributed by atoms with van der Waals surface area (Å²) < 4.78 is 38.2. The van der Waals surface area contributed by atoms with Crippen molar-refractivity contribution in [2.75, 3.05) is 18.9 Å². The van der Waals surface area contributed by atoms with E-state index in [9.17, 15) is 59.3 Å². The van der Waals surface area contributed by atoms with Crippen LogP contribution in [0.1, 0.15) is 26.5 Å². The Balaban J connectivity index is 1.82. The third kappa shape index (κ3) is 7.95. The summed E-state index contributed by atoms with van der Waals surface area (Å²) in [6, 6.07) is -0.469. The first-order valence-electron chi connectivity index (χ1n) is 12.7. The second-order valence-corrected chi connectivity index (χ2v) is 11.2. The number of nitrogen functional groups attached to an aromatic ring is 1. The Morgan fingerprint density at radius 1 is 1.30 bits per heavy atom. The number of hydrogen-bond donors (Lipinski definition) is 7. The van der Waals surface area contributed by atoms with Crippen molar-refractivity contribution in [1.82, 2.24) is 14.9 Å². The number of carboxylic acid groups (broad SMARTS) is 1. The Labute approximate surface area is 247 Å². The minimum Gasteiger partial charge on any atom is -0.756 e. The number of esters is 1. The highest BCUT2D eigenvalue weighted by atomic mass is 31.2. The number of anilines is 1. The van der Waals surface area contributed by atoms with Gasteiger partial charge >= 0.3 is 11.7 Å². The number of aromatic nitrogens is 2. The van der Waals surface area contributed by atoms with E-state index in [1.807, 2.05) is 0 Å². The van der Waals surface area contributed by atoms with Crippen LogP contribution in [0.5, 0.6) is 0 Å². The van der Waals surface area contributed by atoms with Crippen LogP contribution < -0.4 is 26.7 Å². The van der Waals surface area contributed by atoms with E-state index in [2.05, 4.69) is 19.3 Å². The van der Waals surface area contributed by atoms with Gasteiger partial charge in [0.1, 0.15) is 42.3 Å². The van der Waals surface area contributed by atoms with Gasteiger partial charge in [-0.05, 0) is 6.07 Å². The molecular formula is C22H31N4O17P-2. The van der Waals surface area contributed by atoms with Crippen LogP contribution in [0.15, 0.2) is 17.1 Å². The summed E-state index contributed by atoms with van der Waals surface area (Å²) in [7, 11) is -5.85. The van der Waals surface area contributed by atoms with Gasteiger partial charge in [0.25, 0.3) is 7.82 Å². The average molecular weight is 654 g/mol. The second-order valence-electron chi connectivity index (χ2n) is 9.86. The molecule has 0 saturated carbocycles. The van der Waals surface area contributed by atoms with Crippen molar-refractivity contribution in [2.24, 2.45) is 0 Å². The van der Waals surface area contributed by atoms with Crippen molar-refractivity contribution in [1.29, 1.82) is 0 Å². The summed E-state index contributed by atoms with van der Waals surface area (Å²) in [6.45, 7) is -0.267. The number of aliphatic hydroxyl groups excluding tert-OH is 5. The minimum absolute atomic E-state index is 0.156. The number of ether oxygens (including phenoxy) is 3. The number of aliphatic hydroxyl groups is 5. The highest BCUT2D eigenvalue weighted by Crippen LogP contribution is 2.48. The number of phosphoric acid groups is 1. The number of phosphoric ester groups is 1. The zero-order valence-corrected chi connectivity index (χ0v) is 23.9. The molecule has 2 aliphatic rings. The van der Waals surface area contributed by atoms with Crippen molar-refractivity contribution in [2.45, 2.75) is 81.1 Å². The predicted octanol–water partition coefficient (Wildman–Crippen LogP) is -6.67. The number of nitrogens with zero attached hydrogens (tertiary/aromatic N) is 2. The summed E-state index contributed by atoms with van der Waals surface area (Å²) in [5, 5.41) is 66.1. The fourth-order valence-electron chi connectivity index (χ4n) is 4.61. The molecule has 1 aromatic rings. The molecule has 0 radical (unpaired) electrons. The van der Waals surface area contributed by atoms with Gasteiger partial charge in [0, 0.05) is 26.5 Å². The first kappa shape index (κ1) is 35.4. The number of hydrogen-bond acceptors (Lipinski definition) is 19. The molecule has 2 aliphatic heterocycles. The zero-order chi connectivity index (χ0) is 33.1. The van der Waals surface area contributed by atoms with Gasteiger partial charge in [0.2, 0.25) is 11.7 Å². The van der Waals surface area contributed by atoms with E-state index in [1.54, 1.807) is 0 Å². The first-order valence-corrected chi connectivity index (χ1v) is 14.2. The van der Waals surface area contributed by atoms with E-state index in [0.29, 0.717) is 0 Å². The molecule has 11 atom stereocenters. The Kier molecular flexibility index (Phi) is 11.2. The molecule has 0 aliphatic carbocycles. The maximum atomic E-state index is 12.8. The van der Waals surface area contributed by atoms with E-state index >= 15 is 0 Å². The molecular weight excluding hydrogens is 623 g/mol. The molecule has 1 aromatic heterocycles. The van der Waals surface area contributed by atoms with E-state index in [-0.39, 0.29) is 5.82 Å². The maximum absolute atomic E-state index is 12.8. The fourth-order valence-corrected chi connectivity index (χ4v) is 5.55. The minimum atomic E-state index is -5.85. The summed E-state index contributed by atoms with van der Waals surface area (Å²) in [5.74, 6) is -7.79. The molecule has 1 unspecified atom stereocenters. The van der Waals surface area contributed by atoms with Gasteiger partial charge < -0.3 is 70.1 Å². The summed E-state index contributed by atoms with van der Waals surface area (Å²) in [5.41, 5.74) is 4.43. The van der Waals surface area contributed by atoms with Crippen molar-refractivity contribution in [3.63, 3.8) is 0 Å². The molecule has 0 spiro atoms. The van der Waals surface area contributed by atoms with Crippen LogP contribution in [0.3, 0.4) is 0 Å². The Hall–Kier alpha value is -3.08. The third-order valence-electron chi connectivity index (χ3n) is 6.59. The number of rotatable bonds is 12. The summed E-state index contributed by atoms with van der Waals surface area (Å²) in [4.78, 5) is 63.7. The standard InChI is InChI=1S/C22H33N4O17P/c1-8(28)24-14-10(30)5-22(20(34)35,42-18(14)16(32)11(6-27)40-9(2)29)43-44(37,38)39-7-12-15(31)17(33)19(41-12)26-4-3-13(23)25-21(26)36/h3-4,10-12,14-19,27,30-33H,5-7H2,1-2H3,(H,24,28)(H,34,35)(H,37,38)(H2,23,25,36)/p-2/t10-,11+,12+,14+,15+,16+,17+,18+,19+,22+/m0/s1. The number of nitrogens with one attached hydrogen (secondary N) is 1. The first-order chi connectivity index (χ1) is 20.4. The van der Waals surface area contributed by atoms with E-state index < -0.39 is 112 Å². The molecule has 0 aromatic carbocycles. The van der Waals surface area contributed by atoms with Gasteiger partial charge in [-0.2, -0.15) is 4.98 Å². The average Bonchev–Trinajstić information content (AvgIpc) is 3.19. The lowest BCUT2D eigenvalue weighted by Gasteiger charge is -2.50. The maximum Gasteiger partial charge on any atom is 0.351 e. The zero-order valence-electron chi connectivity index (χ0n) is 23.0. The van der Waals surface area contributed by atoms with E-state index in [4.69, 9.17) is 19.9 Å². The smallest absolute Gasteiger partial charge is 0.351 e. The highest BCUT2D eigenvalue weighted by Gasteiger charge is 2.54. The number of carboxylic acids is 1. The summed E-state index contributed by atoms with van der Waals surface area (Å²) in [6.07, 6.45) is -15.1. The van der Waals surface area contributed by atoms with Crippen molar-refractivity contribution >= 4 is 31.5 Å². The Bertz CT molecular complexity index is 1330. The third-order valence-corrected chi connectivity index (χ3v) is 7.57. The molecule has 3 heterocycles. The lowest BCUT2D eigenvalue weighted by molar-refractivity contribution is -0.377.